The summed E-state index contributed by atoms with van der Waals surface area (Å²) in [6.45, 7) is 9.89. The quantitative estimate of drug-likeness (QED) is 0.899. The maximum absolute atomic E-state index is 10.4. The van der Waals surface area contributed by atoms with Gasteiger partial charge in [-0.15, -0.1) is 0 Å². The zero-order valence-corrected chi connectivity index (χ0v) is 14.3. The van der Waals surface area contributed by atoms with E-state index in [4.69, 9.17) is 0 Å². The molecule has 0 amide bonds. The molecule has 0 saturated heterocycles. The van der Waals surface area contributed by atoms with Crippen molar-refractivity contribution in [2.45, 2.75) is 53.1 Å². The molecule has 1 saturated carbocycles. The van der Waals surface area contributed by atoms with E-state index in [1.165, 1.54) is 23.2 Å². The largest absolute Gasteiger partial charge is 0.393 e. The van der Waals surface area contributed by atoms with Gasteiger partial charge in [-0.05, 0) is 56.6 Å². The molecule has 3 atom stereocenters. The average molecular weight is 289 g/mol. The highest BCUT2D eigenvalue weighted by Gasteiger charge is 2.31. The van der Waals surface area contributed by atoms with Crippen LogP contribution < -0.4 is 4.90 Å². The number of benzene rings is 1. The smallest absolute Gasteiger partial charge is 0.0585 e. The Labute approximate surface area is 130 Å². The van der Waals surface area contributed by atoms with Crippen molar-refractivity contribution in [2.24, 2.45) is 17.8 Å². The van der Waals surface area contributed by atoms with Crippen LogP contribution in [0.15, 0.2) is 18.2 Å². The molecule has 0 aromatic heterocycles. The monoisotopic (exact) mass is 289 g/mol. The third-order valence-electron chi connectivity index (χ3n) is 5.20. The van der Waals surface area contributed by atoms with Crippen molar-refractivity contribution >= 4 is 5.69 Å². The second-order valence-electron chi connectivity index (χ2n) is 7.32. The van der Waals surface area contributed by atoms with Gasteiger partial charge in [-0.1, -0.05) is 31.5 Å². The van der Waals surface area contributed by atoms with Crippen molar-refractivity contribution in [1.82, 2.24) is 0 Å². The number of hydrogen-bond donors (Lipinski definition) is 1. The Bertz CT molecular complexity index is 469. The molecule has 2 nitrogen and oxygen atoms in total. The third kappa shape index (κ3) is 4.00. The lowest BCUT2D eigenvalue weighted by Crippen LogP contribution is -2.38. The molecule has 1 fully saturated rings. The summed E-state index contributed by atoms with van der Waals surface area (Å²) < 4.78 is 0. The first-order valence-electron chi connectivity index (χ1n) is 8.35. The summed E-state index contributed by atoms with van der Waals surface area (Å²) in [6.07, 6.45) is 3.18. The Morgan fingerprint density at radius 1 is 1.24 bits per heavy atom. The molecule has 1 N–H and O–H groups in total. The lowest BCUT2D eigenvalue weighted by Gasteiger charge is -2.38. The van der Waals surface area contributed by atoms with E-state index in [0.29, 0.717) is 5.92 Å². The van der Waals surface area contributed by atoms with Gasteiger partial charge in [0.1, 0.15) is 0 Å². The summed E-state index contributed by atoms with van der Waals surface area (Å²) in [5.41, 5.74) is 3.92. The zero-order valence-electron chi connectivity index (χ0n) is 14.3. The second kappa shape index (κ2) is 6.83. The van der Waals surface area contributed by atoms with Gasteiger partial charge in [-0.25, -0.2) is 0 Å². The fraction of sp³-hybridized carbons (Fsp3) is 0.684. The number of nitrogens with zero attached hydrogens (tertiary/aromatic N) is 1. The molecule has 0 heterocycles. The lowest BCUT2D eigenvalue weighted by atomic mass is 9.74. The van der Waals surface area contributed by atoms with Crippen LogP contribution in [0.4, 0.5) is 5.69 Å². The molecule has 1 aliphatic carbocycles. The van der Waals surface area contributed by atoms with Gasteiger partial charge in [0.15, 0.2) is 0 Å². The summed E-state index contributed by atoms with van der Waals surface area (Å²) in [5.74, 6) is 1.90. The lowest BCUT2D eigenvalue weighted by molar-refractivity contribution is 0.0414. The summed E-state index contributed by atoms with van der Waals surface area (Å²) in [7, 11) is 2.16. The molecule has 0 aliphatic heterocycles. The molecule has 2 heteroatoms. The van der Waals surface area contributed by atoms with Crippen LogP contribution in [0.1, 0.15) is 44.2 Å². The average Bonchev–Trinajstić information content (AvgIpc) is 2.40. The summed E-state index contributed by atoms with van der Waals surface area (Å²) in [6, 6.07) is 6.62. The molecule has 1 aromatic carbocycles. The predicted molar refractivity (Wildman–Crippen MR) is 90.9 cm³/mol. The molecule has 0 spiro atoms. The van der Waals surface area contributed by atoms with Gasteiger partial charge >= 0.3 is 0 Å². The van der Waals surface area contributed by atoms with Gasteiger partial charge in [0.25, 0.3) is 0 Å². The highest BCUT2D eigenvalue weighted by molar-refractivity contribution is 5.53. The summed E-state index contributed by atoms with van der Waals surface area (Å²) in [4.78, 5) is 2.32. The molecule has 3 unspecified atom stereocenters. The molecule has 0 radical (unpaired) electrons. The van der Waals surface area contributed by atoms with Crippen LogP contribution in [-0.2, 0) is 0 Å². The molecular weight excluding hydrogens is 258 g/mol. The van der Waals surface area contributed by atoms with Gasteiger partial charge in [0.05, 0.1) is 6.10 Å². The Morgan fingerprint density at radius 2 is 1.95 bits per heavy atom. The molecule has 1 aliphatic rings. The number of aliphatic hydroxyl groups excluding tert-OH is 1. The van der Waals surface area contributed by atoms with E-state index in [1.54, 1.807) is 0 Å². The Kier molecular flexibility index (Phi) is 5.32. The van der Waals surface area contributed by atoms with Gasteiger partial charge < -0.3 is 10.0 Å². The number of rotatable bonds is 4. The maximum atomic E-state index is 10.4. The number of aliphatic hydroxyl groups is 1. The van der Waals surface area contributed by atoms with Crippen molar-refractivity contribution in [1.29, 1.82) is 0 Å². The van der Waals surface area contributed by atoms with E-state index in [2.05, 4.69) is 57.8 Å². The van der Waals surface area contributed by atoms with Gasteiger partial charge in [-0.2, -0.15) is 0 Å². The molecular formula is C19H31NO. The van der Waals surface area contributed by atoms with E-state index in [1.807, 2.05) is 0 Å². The third-order valence-corrected chi connectivity index (χ3v) is 5.20. The first-order chi connectivity index (χ1) is 9.88. The number of hydrogen-bond acceptors (Lipinski definition) is 2. The summed E-state index contributed by atoms with van der Waals surface area (Å²) >= 11 is 0. The van der Waals surface area contributed by atoms with E-state index in [0.717, 1.165) is 31.2 Å². The number of anilines is 1. The second-order valence-corrected chi connectivity index (χ2v) is 7.32. The van der Waals surface area contributed by atoms with Crippen molar-refractivity contribution in [2.75, 3.05) is 18.5 Å². The van der Waals surface area contributed by atoms with Gasteiger partial charge in [-0.3, -0.25) is 0 Å². The first kappa shape index (κ1) is 16.4. The Hall–Kier alpha value is -1.02. The first-order valence-corrected chi connectivity index (χ1v) is 8.35. The minimum absolute atomic E-state index is 0.131. The van der Waals surface area contributed by atoms with Crippen LogP contribution >= 0.6 is 0 Å². The van der Waals surface area contributed by atoms with Crippen molar-refractivity contribution in [3.63, 3.8) is 0 Å². The normalized spacial score (nSPS) is 26.1. The van der Waals surface area contributed by atoms with Crippen LogP contribution in [0.2, 0.25) is 0 Å². The van der Waals surface area contributed by atoms with Gasteiger partial charge in [0, 0.05) is 25.2 Å². The Balaban J connectivity index is 2.05. The zero-order chi connectivity index (χ0) is 15.6. The Morgan fingerprint density at radius 3 is 2.57 bits per heavy atom. The SMILES string of the molecule is Cc1ccc(N(C)CC2CC(C(C)C)CCC2O)c(C)c1. The number of aryl methyl sites for hydroxylation is 2. The standard InChI is InChI=1S/C19H31NO/c1-13(2)16-7-9-19(21)17(11-16)12-20(5)18-8-6-14(3)10-15(18)4/h6,8,10,13,16-17,19,21H,7,9,11-12H2,1-5H3. The summed E-state index contributed by atoms with van der Waals surface area (Å²) in [5, 5.41) is 10.4. The topological polar surface area (TPSA) is 23.5 Å². The van der Waals surface area contributed by atoms with Crippen molar-refractivity contribution in [3.05, 3.63) is 29.3 Å². The fourth-order valence-electron chi connectivity index (χ4n) is 3.77. The highest BCUT2D eigenvalue weighted by atomic mass is 16.3. The maximum Gasteiger partial charge on any atom is 0.0585 e. The van der Waals surface area contributed by atoms with E-state index < -0.39 is 0 Å². The van der Waals surface area contributed by atoms with E-state index in [9.17, 15) is 5.11 Å². The van der Waals surface area contributed by atoms with Crippen LogP contribution in [0.5, 0.6) is 0 Å². The molecule has 1 aromatic rings. The fourth-order valence-corrected chi connectivity index (χ4v) is 3.77. The minimum atomic E-state index is -0.131. The predicted octanol–water partition coefficient (Wildman–Crippen LogP) is 4.17. The van der Waals surface area contributed by atoms with Crippen molar-refractivity contribution < 1.29 is 5.11 Å². The van der Waals surface area contributed by atoms with Crippen LogP contribution in [-0.4, -0.2) is 24.8 Å². The van der Waals surface area contributed by atoms with Crippen molar-refractivity contribution in [3.8, 4) is 0 Å². The molecule has 21 heavy (non-hydrogen) atoms. The highest BCUT2D eigenvalue weighted by Crippen LogP contribution is 2.35. The molecule has 118 valence electrons. The minimum Gasteiger partial charge on any atom is -0.393 e. The van der Waals surface area contributed by atoms with E-state index in [-0.39, 0.29) is 6.10 Å². The van der Waals surface area contributed by atoms with E-state index >= 15 is 0 Å². The van der Waals surface area contributed by atoms with Crippen LogP contribution in [0.25, 0.3) is 0 Å². The molecule has 2 rings (SSSR count). The molecule has 0 bridgehead atoms. The van der Waals surface area contributed by atoms with Crippen LogP contribution in [0, 0.1) is 31.6 Å². The van der Waals surface area contributed by atoms with Gasteiger partial charge in [0.2, 0.25) is 0 Å². The van der Waals surface area contributed by atoms with Crippen LogP contribution in [0.3, 0.4) is 0 Å².